The fourth-order valence-corrected chi connectivity index (χ4v) is 0.836. The molecular weight excluding hydrogens is 184 g/mol. The normalized spacial score (nSPS) is 10.6. The number of aliphatic hydroxyl groups is 2. The SMILES string of the molecule is Cc1ccc(OOC(CO)CO)cc1. The van der Waals surface area contributed by atoms with E-state index in [-0.39, 0.29) is 13.2 Å². The molecule has 0 aliphatic carbocycles. The molecular formula is C10H14O4. The predicted molar refractivity (Wildman–Crippen MR) is 50.9 cm³/mol. The summed E-state index contributed by atoms with van der Waals surface area (Å²) in [6, 6.07) is 7.26. The minimum atomic E-state index is -0.698. The zero-order valence-corrected chi connectivity index (χ0v) is 8.01. The summed E-state index contributed by atoms with van der Waals surface area (Å²) in [4.78, 5) is 9.65. The van der Waals surface area contributed by atoms with E-state index in [1.807, 2.05) is 19.1 Å². The summed E-state index contributed by atoms with van der Waals surface area (Å²) in [5, 5.41) is 17.4. The molecule has 1 rings (SSSR count). The van der Waals surface area contributed by atoms with Crippen molar-refractivity contribution in [3.05, 3.63) is 29.8 Å². The Balaban J connectivity index is 2.41. The second kappa shape index (κ2) is 5.59. The summed E-state index contributed by atoms with van der Waals surface area (Å²) >= 11 is 0. The molecule has 0 heterocycles. The van der Waals surface area contributed by atoms with Gasteiger partial charge in [-0.2, -0.15) is 4.89 Å². The Morgan fingerprint density at radius 2 is 1.71 bits per heavy atom. The number of rotatable bonds is 5. The summed E-state index contributed by atoms with van der Waals surface area (Å²) in [5.74, 6) is 0.544. The van der Waals surface area contributed by atoms with Crippen molar-refractivity contribution in [1.82, 2.24) is 0 Å². The molecule has 14 heavy (non-hydrogen) atoms. The van der Waals surface area contributed by atoms with Crippen LogP contribution in [-0.4, -0.2) is 29.5 Å². The monoisotopic (exact) mass is 198 g/mol. The zero-order chi connectivity index (χ0) is 10.4. The summed E-state index contributed by atoms with van der Waals surface area (Å²) in [6.07, 6.45) is -0.698. The van der Waals surface area contributed by atoms with Gasteiger partial charge in [-0.1, -0.05) is 17.7 Å². The number of aryl methyl sites for hydroxylation is 1. The maximum atomic E-state index is 8.68. The first-order chi connectivity index (χ1) is 6.76. The summed E-state index contributed by atoms with van der Waals surface area (Å²) in [6.45, 7) is 1.42. The van der Waals surface area contributed by atoms with Gasteiger partial charge in [0.25, 0.3) is 0 Å². The van der Waals surface area contributed by atoms with Crippen LogP contribution in [0.4, 0.5) is 0 Å². The maximum absolute atomic E-state index is 8.68. The van der Waals surface area contributed by atoms with Crippen LogP contribution in [0.3, 0.4) is 0 Å². The van der Waals surface area contributed by atoms with E-state index in [1.165, 1.54) is 0 Å². The van der Waals surface area contributed by atoms with Gasteiger partial charge < -0.3 is 15.1 Å². The van der Waals surface area contributed by atoms with Crippen LogP contribution in [0, 0.1) is 6.92 Å². The molecule has 1 aromatic rings. The fourth-order valence-electron chi connectivity index (χ4n) is 0.836. The van der Waals surface area contributed by atoms with Crippen molar-refractivity contribution >= 4 is 0 Å². The molecule has 78 valence electrons. The Hall–Kier alpha value is -1.10. The third-order valence-corrected chi connectivity index (χ3v) is 1.71. The van der Waals surface area contributed by atoms with Gasteiger partial charge in [-0.3, -0.25) is 0 Å². The van der Waals surface area contributed by atoms with Crippen molar-refractivity contribution < 1.29 is 20.0 Å². The number of hydrogen-bond acceptors (Lipinski definition) is 4. The van der Waals surface area contributed by atoms with Gasteiger partial charge in [-0.25, -0.2) is 0 Å². The Labute approximate surface area is 82.6 Å². The highest BCUT2D eigenvalue weighted by atomic mass is 17.2. The smallest absolute Gasteiger partial charge is 0.165 e. The largest absolute Gasteiger partial charge is 0.393 e. The minimum absolute atomic E-state index is 0.275. The first kappa shape index (κ1) is 11.0. The molecule has 2 N–H and O–H groups in total. The fraction of sp³-hybridized carbons (Fsp3) is 0.400. The van der Waals surface area contributed by atoms with Crippen molar-refractivity contribution in [3.63, 3.8) is 0 Å². The van der Waals surface area contributed by atoms with Gasteiger partial charge in [0.15, 0.2) is 11.9 Å². The van der Waals surface area contributed by atoms with Crippen LogP contribution in [0.1, 0.15) is 5.56 Å². The van der Waals surface area contributed by atoms with Crippen LogP contribution in [0.2, 0.25) is 0 Å². The Kier molecular flexibility index (Phi) is 4.39. The van der Waals surface area contributed by atoms with E-state index in [0.717, 1.165) is 5.56 Å². The molecule has 4 nitrogen and oxygen atoms in total. The summed E-state index contributed by atoms with van der Waals surface area (Å²) < 4.78 is 0. The first-order valence-electron chi connectivity index (χ1n) is 4.38. The van der Waals surface area contributed by atoms with Crippen molar-refractivity contribution in [2.75, 3.05) is 13.2 Å². The van der Waals surface area contributed by atoms with Gasteiger partial charge in [-0.15, -0.1) is 0 Å². The molecule has 0 radical (unpaired) electrons. The van der Waals surface area contributed by atoms with Gasteiger partial charge in [0.05, 0.1) is 13.2 Å². The number of benzene rings is 1. The van der Waals surface area contributed by atoms with Crippen molar-refractivity contribution in [3.8, 4) is 5.75 Å². The average molecular weight is 198 g/mol. The third-order valence-electron chi connectivity index (χ3n) is 1.71. The maximum Gasteiger partial charge on any atom is 0.165 e. The lowest BCUT2D eigenvalue weighted by Gasteiger charge is -2.11. The summed E-state index contributed by atoms with van der Waals surface area (Å²) in [7, 11) is 0. The van der Waals surface area contributed by atoms with Crippen molar-refractivity contribution in [2.45, 2.75) is 13.0 Å². The van der Waals surface area contributed by atoms with Crippen LogP contribution in [0.15, 0.2) is 24.3 Å². The third kappa shape index (κ3) is 3.33. The van der Waals surface area contributed by atoms with Crippen molar-refractivity contribution in [1.29, 1.82) is 0 Å². The molecule has 0 spiro atoms. The van der Waals surface area contributed by atoms with Crippen LogP contribution in [0.5, 0.6) is 5.75 Å². The topological polar surface area (TPSA) is 58.9 Å². The molecule has 0 saturated carbocycles. The lowest BCUT2D eigenvalue weighted by molar-refractivity contribution is -0.259. The van der Waals surface area contributed by atoms with E-state index in [1.54, 1.807) is 12.1 Å². The molecule has 4 heteroatoms. The van der Waals surface area contributed by atoms with Crippen LogP contribution < -0.4 is 4.89 Å². The molecule has 0 aromatic heterocycles. The van der Waals surface area contributed by atoms with Crippen LogP contribution in [-0.2, 0) is 4.89 Å². The molecule has 0 unspecified atom stereocenters. The van der Waals surface area contributed by atoms with Gasteiger partial charge in [-0.05, 0) is 19.1 Å². The van der Waals surface area contributed by atoms with Crippen molar-refractivity contribution in [2.24, 2.45) is 0 Å². The van der Waals surface area contributed by atoms with E-state index in [2.05, 4.69) is 0 Å². The molecule has 0 aliphatic heterocycles. The van der Waals surface area contributed by atoms with E-state index < -0.39 is 6.10 Å². The summed E-state index contributed by atoms with van der Waals surface area (Å²) in [5.41, 5.74) is 1.12. The average Bonchev–Trinajstić information content (AvgIpc) is 2.22. The Bertz CT molecular complexity index is 253. The second-order valence-electron chi connectivity index (χ2n) is 2.98. The van der Waals surface area contributed by atoms with E-state index in [9.17, 15) is 0 Å². The number of hydrogen-bond donors (Lipinski definition) is 2. The molecule has 0 bridgehead atoms. The lowest BCUT2D eigenvalue weighted by Crippen LogP contribution is -2.23. The van der Waals surface area contributed by atoms with Gasteiger partial charge >= 0.3 is 0 Å². The molecule has 0 atom stereocenters. The lowest BCUT2D eigenvalue weighted by atomic mass is 10.2. The second-order valence-corrected chi connectivity index (χ2v) is 2.98. The standard InChI is InChI=1S/C10H14O4/c1-8-2-4-9(5-3-8)13-14-10(6-11)7-12/h2-5,10-12H,6-7H2,1H3. The van der Waals surface area contributed by atoms with E-state index >= 15 is 0 Å². The van der Waals surface area contributed by atoms with Gasteiger partial charge in [0, 0.05) is 0 Å². The molecule has 0 amide bonds. The van der Waals surface area contributed by atoms with Gasteiger partial charge in [0.1, 0.15) is 0 Å². The predicted octanol–water partition coefficient (Wildman–Crippen LogP) is 0.659. The van der Waals surface area contributed by atoms with Gasteiger partial charge in [0.2, 0.25) is 0 Å². The first-order valence-corrected chi connectivity index (χ1v) is 4.38. The Morgan fingerprint density at radius 3 is 2.21 bits per heavy atom. The zero-order valence-electron chi connectivity index (χ0n) is 8.01. The van der Waals surface area contributed by atoms with Crippen LogP contribution in [0.25, 0.3) is 0 Å². The minimum Gasteiger partial charge on any atom is -0.393 e. The highest BCUT2D eigenvalue weighted by Crippen LogP contribution is 2.12. The molecule has 1 aromatic carbocycles. The molecule has 0 saturated heterocycles. The van der Waals surface area contributed by atoms with E-state index in [0.29, 0.717) is 5.75 Å². The highest BCUT2D eigenvalue weighted by Gasteiger charge is 2.07. The molecule has 0 aliphatic rings. The highest BCUT2D eigenvalue weighted by molar-refractivity contribution is 5.25. The van der Waals surface area contributed by atoms with Crippen LogP contribution >= 0.6 is 0 Å². The van der Waals surface area contributed by atoms with E-state index in [4.69, 9.17) is 20.0 Å². The molecule has 0 fully saturated rings. The number of aliphatic hydroxyl groups excluding tert-OH is 2. The quantitative estimate of drug-likeness (QED) is 0.539. The Morgan fingerprint density at radius 1 is 1.14 bits per heavy atom.